The quantitative estimate of drug-likeness (QED) is 0.196. The van der Waals surface area contributed by atoms with Gasteiger partial charge in [-0.05, 0) is 6.92 Å². The summed E-state index contributed by atoms with van der Waals surface area (Å²) >= 11 is 16.9. The molecule has 0 aliphatic carbocycles. The highest BCUT2D eigenvalue weighted by Gasteiger charge is 2.27. The fourth-order valence-corrected chi connectivity index (χ4v) is 1.94. The zero-order valence-corrected chi connectivity index (χ0v) is 12.7. The van der Waals surface area contributed by atoms with Gasteiger partial charge in [0.2, 0.25) is 0 Å². The molecule has 0 aliphatic heterocycles. The van der Waals surface area contributed by atoms with Gasteiger partial charge in [-0.2, -0.15) is 0 Å². The van der Waals surface area contributed by atoms with E-state index < -0.39 is 20.2 Å². The molecule has 0 bridgehead atoms. The monoisotopic (exact) mass is 337 g/mol. The first kappa shape index (κ1) is 17.6. The van der Waals surface area contributed by atoms with Crippen LogP contribution in [0, 0.1) is 10.1 Å². The van der Waals surface area contributed by atoms with Crippen molar-refractivity contribution in [2.24, 2.45) is 5.16 Å². The minimum Gasteiger partial charge on any atom is -0.297 e. The van der Waals surface area contributed by atoms with Crippen LogP contribution in [0.25, 0.3) is 0 Å². The number of halogens is 3. The Hall–Kier alpha value is -0.440. The maximum atomic E-state index is 11.3. The molecule has 0 saturated carbocycles. The topological polar surface area (TPSA) is 85.0 Å². The van der Waals surface area contributed by atoms with E-state index in [0.29, 0.717) is 11.9 Å². The van der Waals surface area contributed by atoms with Gasteiger partial charge < -0.3 is 0 Å². The van der Waals surface area contributed by atoms with Gasteiger partial charge >= 0.3 is 6.09 Å². The molecule has 0 N–H and O–H groups in total. The van der Waals surface area contributed by atoms with Crippen molar-refractivity contribution in [1.29, 1.82) is 0 Å². The number of rotatable bonds is 4. The standard InChI is InChI=1S/C7H10Cl3N3O4S/c1-4(5(2)13(15)16)11-17-6(14)12(3)18-7(8,9)10/h5H,1-3H3. The number of carbonyl (C=O) groups is 1. The van der Waals surface area contributed by atoms with Crippen molar-refractivity contribution in [3.05, 3.63) is 10.1 Å². The number of carbonyl (C=O) groups excluding carboxylic acids is 1. The zero-order chi connectivity index (χ0) is 14.5. The third-order valence-corrected chi connectivity index (χ3v) is 2.94. The van der Waals surface area contributed by atoms with E-state index in [9.17, 15) is 14.9 Å². The Labute approximate surface area is 123 Å². The van der Waals surface area contributed by atoms with Crippen LogP contribution in [0.15, 0.2) is 5.16 Å². The number of nitro groups is 1. The van der Waals surface area contributed by atoms with Crippen molar-refractivity contribution in [3.8, 4) is 0 Å². The number of hydrogen-bond acceptors (Lipinski definition) is 6. The van der Waals surface area contributed by atoms with Crippen LogP contribution in [0.5, 0.6) is 0 Å². The van der Waals surface area contributed by atoms with Crippen molar-refractivity contribution in [2.75, 3.05) is 7.05 Å². The Kier molecular flexibility index (Phi) is 7.05. The fourth-order valence-electron chi connectivity index (χ4n) is 0.590. The van der Waals surface area contributed by atoms with Gasteiger partial charge in [0, 0.05) is 30.8 Å². The second kappa shape index (κ2) is 7.22. The lowest BCUT2D eigenvalue weighted by Gasteiger charge is -2.17. The summed E-state index contributed by atoms with van der Waals surface area (Å²) in [6.45, 7) is 2.68. The van der Waals surface area contributed by atoms with Crippen LogP contribution in [0.3, 0.4) is 0 Å². The van der Waals surface area contributed by atoms with Crippen LogP contribution in [0.4, 0.5) is 4.79 Å². The van der Waals surface area contributed by atoms with Crippen molar-refractivity contribution in [3.63, 3.8) is 0 Å². The van der Waals surface area contributed by atoms with Crippen LogP contribution in [0.2, 0.25) is 0 Å². The zero-order valence-electron chi connectivity index (χ0n) is 9.59. The van der Waals surface area contributed by atoms with E-state index in [0.717, 1.165) is 4.31 Å². The van der Waals surface area contributed by atoms with Crippen molar-refractivity contribution in [1.82, 2.24) is 4.31 Å². The van der Waals surface area contributed by atoms with E-state index in [1.807, 2.05) is 0 Å². The first-order valence-electron chi connectivity index (χ1n) is 4.43. The van der Waals surface area contributed by atoms with Gasteiger partial charge in [0.25, 0.3) is 9.17 Å². The van der Waals surface area contributed by atoms with E-state index >= 15 is 0 Å². The molecule has 1 amide bonds. The van der Waals surface area contributed by atoms with Gasteiger partial charge in [0.05, 0.1) is 0 Å². The smallest absolute Gasteiger partial charge is 0.297 e. The number of oxime groups is 1. The van der Waals surface area contributed by atoms with Gasteiger partial charge in [0.1, 0.15) is 5.71 Å². The summed E-state index contributed by atoms with van der Waals surface area (Å²) in [6, 6.07) is -1.05. The van der Waals surface area contributed by atoms with Gasteiger partial charge in [-0.1, -0.05) is 40.0 Å². The molecule has 7 nitrogen and oxygen atoms in total. The summed E-state index contributed by atoms with van der Waals surface area (Å²) < 4.78 is -0.818. The lowest BCUT2D eigenvalue weighted by atomic mass is 10.2. The first-order valence-corrected chi connectivity index (χ1v) is 6.34. The van der Waals surface area contributed by atoms with Crippen LogP contribution in [0.1, 0.15) is 13.8 Å². The van der Waals surface area contributed by atoms with E-state index in [4.69, 9.17) is 34.8 Å². The van der Waals surface area contributed by atoms with Crippen LogP contribution in [-0.4, -0.2) is 37.2 Å². The molecular weight excluding hydrogens is 329 g/mol. The molecule has 0 heterocycles. The Morgan fingerprint density at radius 3 is 2.44 bits per heavy atom. The van der Waals surface area contributed by atoms with E-state index in [1.54, 1.807) is 0 Å². The number of alkyl halides is 3. The Morgan fingerprint density at radius 1 is 1.56 bits per heavy atom. The molecule has 0 aromatic heterocycles. The van der Waals surface area contributed by atoms with Gasteiger partial charge in [0.15, 0.2) is 0 Å². The highest BCUT2D eigenvalue weighted by atomic mass is 35.6. The Balaban J connectivity index is 4.41. The maximum absolute atomic E-state index is 11.3. The summed E-state index contributed by atoms with van der Waals surface area (Å²) in [7, 11) is 1.30. The SMILES string of the molecule is CC(=NOC(=O)N(C)SC(Cl)(Cl)Cl)C(C)[N+](=O)[O-]. The molecule has 0 saturated heterocycles. The highest BCUT2D eigenvalue weighted by molar-refractivity contribution is 8.03. The van der Waals surface area contributed by atoms with Gasteiger partial charge in [-0.3, -0.25) is 15.0 Å². The minimum atomic E-state index is -1.72. The summed E-state index contributed by atoms with van der Waals surface area (Å²) in [6.07, 6.45) is -0.916. The van der Waals surface area contributed by atoms with E-state index in [-0.39, 0.29) is 5.71 Å². The molecule has 0 fully saturated rings. The van der Waals surface area contributed by atoms with Crippen molar-refractivity contribution < 1.29 is 14.6 Å². The molecule has 1 unspecified atom stereocenters. The predicted molar refractivity (Wildman–Crippen MR) is 71.7 cm³/mol. The molecule has 0 radical (unpaired) electrons. The molecule has 1 atom stereocenters. The van der Waals surface area contributed by atoms with Gasteiger partial charge in [-0.15, -0.1) is 0 Å². The molecule has 0 aliphatic rings. The minimum absolute atomic E-state index is 0.0423. The van der Waals surface area contributed by atoms with Crippen molar-refractivity contribution >= 4 is 58.6 Å². The second-order valence-electron chi connectivity index (χ2n) is 3.09. The molecule has 0 spiro atoms. The predicted octanol–water partition coefficient (Wildman–Crippen LogP) is 3.07. The van der Waals surface area contributed by atoms with E-state index in [1.165, 1.54) is 20.9 Å². The number of hydrogen-bond donors (Lipinski definition) is 0. The van der Waals surface area contributed by atoms with Crippen LogP contribution >= 0.6 is 46.8 Å². The summed E-state index contributed by atoms with van der Waals surface area (Å²) in [5.41, 5.74) is 0.0423. The second-order valence-corrected chi connectivity index (χ2v) is 7.38. The highest BCUT2D eigenvalue weighted by Crippen LogP contribution is 2.40. The molecular formula is C7H10Cl3N3O4S. The average molecular weight is 339 g/mol. The third-order valence-electron chi connectivity index (χ3n) is 1.69. The molecule has 0 rings (SSSR count). The van der Waals surface area contributed by atoms with Gasteiger partial charge in [-0.25, -0.2) is 9.10 Å². The Morgan fingerprint density at radius 2 is 2.06 bits per heavy atom. The molecule has 0 aromatic rings. The summed E-state index contributed by atoms with van der Waals surface area (Å²) in [5, 5.41) is 13.8. The molecule has 18 heavy (non-hydrogen) atoms. The summed E-state index contributed by atoms with van der Waals surface area (Å²) in [5.74, 6) is 0. The van der Waals surface area contributed by atoms with E-state index in [2.05, 4.69) is 9.99 Å². The third kappa shape index (κ3) is 7.10. The number of nitrogens with zero attached hydrogens (tertiary/aromatic N) is 3. The maximum Gasteiger partial charge on any atom is 0.445 e. The lowest BCUT2D eigenvalue weighted by molar-refractivity contribution is -0.498. The number of amides is 1. The summed E-state index contributed by atoms with van der Waals surface area (Å²) in [4.78, 5) is 25.7. The molecule has 11 heteroatoms. The lowest BCUT2D eigenvalue weighted by Crippen LogP contribution is -2.26. The fraction of sp³-hybridized carbons (Fsp3) is 0.714. The largest absolute Gasteiger partial charge is 0.445 e. The molecule has 104 valence electrons. The first-order chi connectivity index (χ1) is 8.04. The van der Waals surface area contributed by atoms with Crippen molar-refractivity contribution in [2.45, 2.75) is 23.0 Å². The van der Waals surface area contributed by atoms with Crippen LogP contribution < -0.4 is 0 Å². The Bertz CT molecular complexity index is 360. The molecule has 0 aromatic carbocycles. The van der Waals surface area contributed by atoms with Crippen LogP contribution in [-0.2, 0) is 4.84 Å². The normalized spacial score (nSPS) is 14.0. The average Bonchev–Trinajstić information content (AvgIpc) is 2.21.